The Balaban J connectivity index is 2.21. The molecule has 3 aromatic rings. The van der Waals surface area contributed by atoms with Crippen LogP contribution < -0.4 is 5.73 Å². The van der Waals surface area contributed by atoms with Crippen molar-refractivity contribution >= 4 is 33.4 Å². The molecular formula is C13H9BrN4O2. The molecule has 0 saturated heterocycles. The first-order valence-electron chi connectivity index (χ1n) is 5.70. The van der Waals surface area contributed by atoms with Gasteiger partial charge >= 0.3 is 5.97 Å². The van der Waals surface area contributed by atoms with E-state index in [1.165, 1.54) is 10.6 Å². The lowest BCUT2D eigenvalue weighted by Gasteiger charge is -2.04. The van der Waals surface area contributed by atoms with Crippen LogP contribution in [0.1, 0.15) is 10.5 Å². The summed E-state index contributed by atoms with van der Waals surface area (Å²) in [6.45, 7) is 0. The molecule has 0 fully saturated rings. The first kappa shape index (κ1) is 12.6. The minimum Gasteiger partial charge on any atom is -0.476 e. The van der Waals surface area contributed by atoms with Crippen molar-refractivity contribution in [1.29, 1.82) is 0 Å². The molecule has 0 saturated carbocycles. The summed E-state index contributed by atoms with van der Waals surface area (Å²) in [5, 5.41) is 12.8. The lowest BCUT2D eigenvalue weighted by molar-refractivity contribution is 0.0690. The largest absolute Gasteiger partial charge is 0.476 e. The van der Waals surface area contributed by atoms with E-state index in [1.54, 1.807) is 6.07 Å². The molecule has 100 valence electrons. The van der Waals surface area contributed by atoms with Gasteiger partial charge in [0.15, 0.2) is 11.3 Å². The second kappa shape index (κ2) is 4.61. The van der Waals surface area contributed by atoms with E-state index in [-0.39, 0.29) is 5.69 Å². The number of nitrogen functional groups attached to an aromatic ring is 1. The van der Waals surface area contributed by atoms with E-state index in [1.807, 2.05) is 24.3 Å². The number of carbonyl (C=O) groups is 1. The average molecular weight is 333 g/mol. The highest BCUT2D eigenvalue weighted by molar-refractivity contribution is 9.10. The fourth-order valence-electron chi connectivity index (χ4n) is 1.90. The second-order valence-corrected chi connectivity index (χ2v) is 5.10. The lowest BCUT2D eigenvalue weighted by Crippen LogP contribution is -2.02. The first-order valence-corrected chi connectivity index (χ1v) is 6.49. The fraction of sp³-hybridized carbons (Fsp3) is 0. The maximum atomic E-state index is 10.9. The number of hydrogen-bond donors (Lipinski definition) is 2. The van der Waals surface area contributed by atoms with Gasteiger partial charge in [-0.25, -0.2) is 9.78 Å². The molecule has 0 atom stereocenters. The molecule has 0 aliphatic carbocycles. The molecular weight excluding hydrogens is 324 g/mol. The number of aromatic nitrogens is 3. The predicted molar refractivity (Wildman–Crippen MR) is 77.5 cm³/mol. The van der Waals surface area contributed by atoms with E-state index in [0.29, 0.717) is 17.2 Å². The Hall–Kier alpha value is -2.41. The van der Waals surface area contributed by atoms with Gasteiger partial charge in [-0.3, -0.25) is 0 Å². The number of carboxylic acid groups (broad SMARTS) is 1. The van der Waals surface area contributed by atoms with Crippen molar-refractivity contribution in [1.82, 2.24) is 14.6 Å². The highest BCUT2D eigenvalue weighted by atomic mass is 79.9. The van der Waals surface area contributed by atoms with Gasteiger partial charge in [-0.05, 0) is 12.1 Å². The van der Waals surface area contributed by atoms with Crippen molar-refractivity contribution in [3.8, 4) is 11.3 Å². The van der Waals surface area contributed by atoms with Crippen molar-refractivity contribution in [3.63, 3.8) is 0 Å². The highest BCUT2D eigenvalue weighted by Crippen LogP contribution is 2.24. The molecule has 6 nitrogen and oxygen atoms in total. The Bertz CT molecular complexity index is 828. The van der Waals surface area contributed by atoms with E-state index in [0.717, 1.165) is 10.0 Å². The second-order valence-electron chi connectivity index (χ2n) is 4.18. The number of benzene rings is 1. The number of nitrogens with zero attached hydrogens (tertiary/aromatic N) is 3. The molecule has 7 heteroatoms. The minimum atomic E-state index is -1.11. The first-order chi connectivity index (χ1) is 9.54. The number of carboxylic acids is 1. The third kappa shape index (κ3) is 2.12. The molecule has 2 heterocycles. The number of rotatable bonds is 2. The minimum absolute atomic E-state index is 0.0874. The summed E-state index contributed by atoms with van der Waals surface area (Å²) in [7, 11) is 0. The van der Waals surface area contributed by atoms with Crippen LogP contribution in [0.5, 0.6) is 0 Å². The number of anilines is 1. The van der Waals surface area contributed by atoms with Crippen molar-refractivity contribution in [2.24, 2.45) is 0 Å². The highest BCUT2D eigenvalue weighted by Gasteiger charge is 2.13. The normalized spacial score (nSPS) is 10.8. The van der Waals surface area contributed by atoms with Gasteiger partial charge in [-0.1, -0.05) is 28.1 Å². The van der Waals surface area contributed by atoms with Crippen LogP contribution in [-0.2, 0) is 0 Å². The molecule has 20 heavy (non-hydrogen) atoms. The molecule has 0 spiro atoms. The van der Waals surface area contributed by atoms with Gasteiger partial charge in [0.25, 0.3) is 0 Å². The van der Waals surface area contributed by atoms with Crippen molar-refractivity contribution in [2.75, 3.05) is 5.73 Å². The Morgan fingerprint density at radius 2 is 2.10 bits per heavy atom. The van der Waals surface area contributed by atoms with Crippen LogP contribution in [0.25, 0.3) is 16.9 Å². The Kier molecular flexibility index (Phi) is 2.90. The van der Waals surface area contributed by atoms with Crippen LogP contribution in [0.4, 0.5) is 5.82 Å². The van der Waals surface area contributed by atoms with Gasteiger partial charge in [0, 0.05) is 22.2 Å². The number of hydrogen-bond acceptors (Lipinski definition) is 4. The van der Waals surface area contributed by atoms with Crippen LogP contribution >= 0.6 is 15.9 Å². The summed E-state index contributed by atoms with van der Waals surface area (Å²) in [5.41, 5.74) is 7.76. The number of fused-ring (bicyclic) bond motifs is 1. The molecule has 0 aliphatic rings. The van der Waals surface area contributed by atoms with Crippen LogP contribution in [0, 0.1) is 0 Å². The summed E-state index contributed by atoms with van der Waals surface area (Å²) in [4.78, 5) is 15.3. The van der Waals surface area contributed by atoms with Gasteiger partial charge in [-0.15, -0.1) is 0 Å². The molecule has 0 aliphatic heterocycles. The standard InChI is InChI=1S/C13H9BrN4O2/c14-8-3-1-2-7(4-8)9-5-11(15)18-12(16-9)6-10(17-18)13(19)20/h1-6H,15H2,(H,19,20). The van der Waals surface area contributed by atoms with Crippen LogP contribution in [0.3, 0.4) is 0 Å². The number of halogens is 1. The van der Waals surface area contributed by atoms with Gasteiger partial charge < -0.3 is 10.8 Å². The van der Waals surface area contributed by atoms with Crippen molar-refractivity contribution in [3.05, 3.63) is 46.6 Å². The zero-order chi connectivity index (χ0) is 14.3. The summed E-state index contributed by atoms with van der Waals surface area (Å²) in [5.74, 6) is -0.781. The quantitative estimate of drug-likeness (QED) is 0.751. The average Bonchev–Trinajstić information content (AvgIpc) is 2.83. The van der Waals surface area contributed by atoms with Crippen molar-refractivity contribution in [2.45, 2.75) is 0 Å². The summed E-state index contributed by atoms with van der Waals surface area (Å²) >= 11 is 3.40. The summed E-state index contributed by atoms with van der Waals surface area (Å²) in [6.07, 6.45) is 0. The topological polar surface area (TPSA) is 93.5 Å². The van der Waals surface area contributed by atoms with Crippen LogP contribution in [0.2, 0.25) is 0 Å². The smallest absolute Gasteiger partial charge is 0.356 e. The molecule has 3 N–H and O–H groups in total. The number of aromatic carboxylic acids is 1. The van der Waals surface area contributed by atoms with Gasteiger partial charge in [-0.2, -0.15) is 9.61 Å². The maximum Gasteiger partial charge on any atom is 0.356 e. The molecule has 2 aromatic heterocycles. The fourth-order valence-corrected chi connectivity index (χ4v) is 2.30. The monoisotopic (exact) mass is 332 g/mol. The molecule has 0 radical (unpaired) electrons. The Labute approximate surface area is 122 Å². The maximum absolute atomic E-state index is 10.9. The van der Waals surface area contributed by atoms with E-state index >= 15 is 0 Å². The SMILES string of the molecule is Nc1cc(-c2cccc(Br)c2)nc2cc(C(=O)O)nn12. The Morgan fingerprint density at radius 3 is 2.80 bits per heavy atom. The van der Waals surface area contributed by atoms with Gasteiger partial charge in [0.1, 0.15) is 5.82 Å². The molecule has 0 unspecified atom stereocenters. The van der Waals surface area contributed by atoms with E-state index < -0.39 is 5.97 Å². The summed E-state index contributed by atoms with van der Waals surface area (Å²) < 4.78 is 2.24. The molecule has 0 bridgehead atoms. The van der Waals surface area contributed by atoms with Crippen LogP contribution in [0.15, 0.2) is 40.9 Å². The molecule has 3 rings (SSSR count). The predicted octanol–water partition coefficient (Wildman–Crippen LogP) is 2.44. The van der Waals surface area contributed by atoms with Crippen LogP contribution in [-0.4, -0.2) is 25.7 Å². The lowest BCUT2D eigenvalue weighted by atomic mass is 10.1. The third-order valence-corrected chi connectivity index (χ3v) is 3.29. The van der Waals surface area contributed by atoms with E-state index in [2.05, 4.69) is 26.0 Å². The van der Waals surface area contributed by atoms with Crippen molar-refractivity contribution < 1.29 is 9.90 Å². The summed E-state index contributed by atoms with van der Waals surface area (Å²) in [6, 6.07) is 10.7. The van der Waals surface area contributed by atoms with E-state index in [9.17, 15) is 4.79 Å². The van der Waals surface area contributed by atoms with Gasteiger partial charge in [0.05, 0.1) is 5.69 Å². The molecule has 1 aromatic carbocycles. The molecule has 0 amide bonds. The van der Waals surface area contributed by atoms with E-state index in [4.69, 9.17) is 10.8 Å². The number of nitrogens with two attached hydrogens (primary N) is 1. The Morgan fingerprint density at radius 1 is 1.30 bits per heavy atom. The zero-order valence-corrected chi connectivity index (χ0v) is 11.7. The zero-order valence-electron chi connectivity index (χ0n) is 10.1. The van der Waals surface area contributed by atoms with Gasteiger partial charge in [0.2, 0.25) is 0 Å². The third-order valence-electron chi connectivity index (χ3n) is 2.79.